The van der Waals surface area contributed by atoms with Gasteiger partial charge in [0.25, 0.3) is 0 Å². The van der Waals surface area contributed by atoms with Crippen LogP contribution >= 0.6 is 0 Å². The molecule has 0 aliphatic rings. The molecule has 0 bridgehead atoms. The van der Waals surface area contributed by atoms with Gasteiger partial charge in [-0.05, 0) is 95.0 Å². The van der Waals surface area contributed by atoms with Crippen LogP contribution in [0.4, 0.5) is 0 Å². The minimum Gasteiger partial charge on any atom is -0.456 e. The van der Waals surface area contributed by atoms with Crippen molar-refractivity contribution in [1.29, 1.82) is 0 Å². The third kappa shape index (κ3) is 4.33. The minimum absolute atomic E-state index is 0.0762. The van der Waals surface area contributed by atoms with Crippen molar-refractivity contribution >= 4 is 54.3 Å². The monoisotopic (exact) mass is 635 g/mol. The largest absolute Gasteiger partial charge is 0.456 e. The zero-order chi connectivity index (χ0) is 43.6. The molecule has 9 aromatic carbocycles. The molecular weight excluding hydrogens is 593 g/mol. The van der Waals surface area contributed by atoms with E-state index in [1.807, 2.05) is 91.0 Å². The van der Waals surface area contributed by atoms with E-state index in [4.69, 9.17) is 16.8 Å². The molecule has 1 aromatic heterocycles. The Morgan fingerprint density at radius 1 is 0.347 bits per heavy atom. The van der Waals surface area contributed by atoms with Crippen LogP contribution in [0.1, 0.15) is 17.8 Å². The Morgan fingerprint density at radius 2 is 0.959 bits per heavy atom. The van der Waals surface area contributed by atoms with E-state index in [1.165, 1.54) is 0 Å². The highest BCUT2D eigenvalue weighted by Crippen LogP contribution is 2.47. The Kier molecular flexibility index (Phi) is 3.99. The van der Waals surface area contributed by atoms with Gasteiger partial charge in [0.15, 0.2) is 0 Å². The minimum atomic E-state index is -0.716. The van der Waals surface area contributed by atoms with E-state index in [2.05, 4.69) is 6.07 Å². The van der Waals surface area contributed by atoms with Crippen LogP contribution in [-0.4, -0.2) is 0 Å². The first-order chi connectivity index (χ1) is 29.7. The molecule has 0 spiro atoms. The standard InChI is InChI=1S/C48H30O/c1-3-14-31(15-4-1)33-26-29-44-43(30-33)48-37(24-13-25-45(48)49-44)36-27-28-42(35-19-8-7-18-34(35)36)47-40-22-11-9-20-38(40)46(32-16-5-2-6-17-32)39-21-10-12-23-41(39)47/h1-30H/i2D,5D,6D,9D,10D,11D,12D,16D,17D,20D,21D,22D,23D. The van der Waals surface area contributed by atoms with Gasteiger partial charge in [0.05, 0.1) is 17.8 Å². The molecule has 0 radical (unpaired) electrons. The number of rotatable bonds is 4. The van der Waals surface area contributed by atoms with Crippen molar-refractivity contribution in [3.63, 3.8) is 0 Å². The summed E-state index contributed by atoms with van der Waals surface area (Å²) in [5, 5.41) is 2.33. The first-order valence-electron chi connectivity index (χ1n) is 22.3. The lowest BCUT2D eigenvalue weighted by Gasteiger charge is -2.19. The van der Waals surface area contributed by atoms with Gasteiger partial charge in [0.1, 0.15) is 11.2 Å². The lowest BCUT2D eigenvalue weighted by molar-refractivity contribution is 0.669. The van der Waals surface area contributed by atoms with E-state index in [0.29, 0.717) is 22.1 Å². The van der Waals surface area contributed by atoms with E-state index in [1.54, 1.807) is 6.07 Å². The molecule has 0 saturated carbocycles. The first-order valence-corrected chi connectivity index (χ1v) is 15.8. The molecule has 0 unspecified atom stereocenters. The van der Waals surface area contributed by atoms with Gasteiger partial charge in [-0.1, -0.05) is 163 Å². The fraction of sp³-hybridized carbons (Fsp3) is 0. The van der Waals surface area contributed by atoms with Gasteiger partial charge >= 0.3 is 0 Å². The molecule has 0 amide bonds. The highest BCUT2D eigenvalue weighted by molar-refractivity contribution is 6.25. The lowest BCUT2D eigenvalue weighted by atomic mass is 9.83. The number of fused-ring (bicyclic) bond motifs is 6. The third-order valence-electron chi connectivity index (χ3n) is 9.21. The molecule has 0 fully saturated rings. The predicted molar refractivity (Wildman–Crippen MR) is 208 cm³/mol. The fourth-order valence-corrected chi connectivity index (χ4v) is 7.13. The van der Waals surface area contributed by atoms with Gasteiger partial charge < -0.3 is 4.42 Å². The zero-order valence-corrected chi connectivity index (χ0v) is 25.7. The summed E-state index contributed by atoms with van der Waals surface area (Å²) in [5.74, 6) is 0. The summed E-state index contributed by atoms with van der Waals surface area (Å²) in [7, 11) is 0. The number of benzene rings is 9. The van der Waals surface area contributed by atoms with Crippen LogP contribution in [0.2, 0.25) is 0 Å². The topological polar surface area (TPSA) is 13.1 Å². The summed E-state index contributed by atoms with van der Waals surface area (Å²) < 4.78 is 122. The molecule has 49 heavy (non-hydrogen) atoms. The van der Waals surface area contributed by atoms with Crippen LogP contribution in [0.5, 0.6) is 0 Å². The quantitative estimate of drug-likeness (QED) is 0.175. The van der Waals surface area contributed by atoms with Crippen molar-refractivity contribution in [2.24, 2.45) is 0 Å². The average Bonchev–Trinajstić information content (AvgIpc) is 3.68. The van der Waals surface area contributed by atoms with Crippen molar-refractivity contribution in [2.45, 2.75) is 0 Å². The van der Waals surface area contributed by atoms with E-state index in [0.717, 1.165) is 38.4 Å². The molecule has 10 rings (SSSR count). The van der Waals surface area contributed by atoms with E-state index in [9.17, 15) is 5.48 Å². The average molecular weight is 636 g/mol. The zero-order valence-electron chi connectivity index (χ0n) is 38.7. The van der Waals surface area contributed by atoms with Crippen LogP contribution in [0.3, 0.4) is 0 Å². The summed E-state index contributed by atoms with van der Waals surface area (Å²) in [4.78, 5) is 0. The van der Waals surface area contributed by atoms with Gasteiger partial charge in [-0.3, -0.25) is 0 Å². The van der Waals surface area contributed by atoms with Crippen molar-refractivity contribution in [3.05, 3.63) is 182 Å². The second kappa shape index (κ2) is 11.1. The van der Waals surface area contributed by atoms with Crippen LogP contribution in [0.25, 0.3) is 98.8 Å². The van der Waals surface area contributed by atoms with E-state index in [-0.39, 0.29) is 32.7 Å². The van der Waals surface area contributed by atoms with Crippen molar-refractivity contribution in [3.8, 4) is 44.5 Å². The highest BCUT2D eigenvalue weighted by atomic mass is 16.3. The normalized spacial score (nSPS) is 15.4. The smallest absolute Gasteiger partial charge is 0.136 e. The van der Waals surface area contributed by atoms with E-state index >= 15 is 0 Å². The van der Waals surface area contributed by atoms with Crippen molar-refractivity contribution in [1.82, 2.24) is 0 Å². The molecule has 0 aliphatic carbocycles. The summed E-state index contributed by atoms with van der Waals surface area (Å²) in [6, 6.07) is 24.6. The molecule has 10 aromatic rings. The van der Waals surface area contributed by atoms with Crippen molar-refractivity contribution < 1.29 is 22.2 Å². The van der Waals surface area contributed by atoms with Crippen molar-refractivity contribution in [2.75, 3.05) is 0 Å². The Hall–Kier alpha value is -6.44. The number of hydrogen-bond acceptors (Lipinski definition) is 1. The SMILES string of the molecule is [2H]c1c([2H])c([2H])c(-c2c3c([2H])c([2H])c([2H])c([2H])c3c(-c3ccc(-c4cccc5oc6ccc(-c7ccccc7)cc6c45)c4ccccc34)c3c([2H])c([2H])c([2H])c([2H])c23)c([2H])c1[2H]. The Morgan fingerprint density at radius 3 is 1.67 bits per heavy atom. The van der Waals surface area contributed by atoms with Crippen LogP contribution < -0.4 is 0 Å². The molecule has 0 atom stereocenters. The molecule has 0 aliphatic heterocycles. The van der Waals surface area contributed by atoms with Gasteiger partial charge in [-0.2, -0.15) is 0 Å². The number of furan rings is 1. The maximum atomic E-state index is 9.42. The molecule has 0 N–H and O–H groups in total. The first kappa shape index (κ1) is 17.6. The molecule has 228 valence electrons. The Balaban J connectivity index is 1.37. The lowest BCUT2D eigenvalue weighted by Crippen LogP contribution is -1.92. The predicted octanol–water partition coefficient (Wildman–Crippen LogP) is 13.7. The second-order valence-corrected chi connectivity index (χ2v) is 11.8. The van der Waals surface area contributed by atoms with Gasteiger partial charge in [0.2, 0.25) is 0 Å². The maximum absolute atomic E-state index is 9.42. The second-order valence-electron chi connectivity index (χ2n) is 11.8. The summed E-state index contributed by atoms with van der Waals surface area (Å²) >= 11 is 0. The van der Waals surface area contributed by atoms with E-state index < -0.39 is 84.1 Å². The summed E-state index contributed by atoms with van der Waals surface area (Å²) in [6.45, 7) is 0. The highest BCUT2D eigenvalue weighted by Gasteiger charge is 2.20. The molecule has 1 nitrogen and oxygen atoms in total. The summed E-state index contributed by atoms with van der Waals surface area (Å²) in [6.07, 6.45) is 0. The van der Waals surface area contributed by atoms with Crippen LogP contribution in [0, 0.1) is 0 Å². The third-order valence-corrected chi connectivity index (χ3v) is 9.21. The number of hydrogen-bond donors (Lipinski definition) is 0. The van der Waals surface area contributed by atoms with Crippen LogP contribution in [0.15, 0.2) is 186 Å². The molecular formula is C48H30O. The Labute approximate surface area is 302 Å². The van der Waals surface area contributed by atoms with Crippen LogP contribution in [-0.2, 0) is 0 Å². The summed E-state index contributed by atoms with van der Waals surface area (Å²) in [5.41, 5.74) is 4.77. The molecule has 1 heteroatoms. The fourth-order valence-electron chi connectivity index (χ4n) is 7.13. The Bertz CT molecular complexity index is 3510. The molecule has 0 saturated heterocycles. The van der Waals surface area contributed by atoms with Gasteiger partial charge in [-0.25, -0.2) is 0 Å². The van der Waals surface area contributed by atoms with Gasteiger partial charge in [-0.15, -0.1) is 0 Å². The maximum Gasteiger partial charge on any atom is 0.136 e. The molecule has 1 heterocycles. The van der Waals surface area contributed by atoms with Gasteiger partial charge in [0, 0.05) is 10.8 Å².